The molecule has 0 spiro atoms. The molecule has 3 rings (SSSR count). The van der Waals surface area contributed by atoms with Crippen LogP contribution in [0.1, 0.15) is 42.3 Å². The van der Waals surface area contributed by atoms with Crippen molar-refractivity contribution in [3.05, 3.63) is 59.4 Å². The molecule has 0 saturated heterocycles. The van der Waals surface area contributed by atoms with Crippen LogP contribution in [-0.4, -0.2) is 47.5 Å². The van der Waals surface area contributed by atoms with Crippen molar-refractivity contribution < 1.29 is 19.4 Å². The number of nitrogens with one attached hydrogen (secondary N) is 3. The van der Waals surface area contributed by atoms with Gasteiger partial charge in [0.1, 0.15) is 17.9 Å². The quantitative estimate of drug-likeness (QED) is 0.271. The van der Waals surface area contributed by atoms with E-state index in [4.69, 9.17) is 14.6 Å². The summed E-state index contributed by atoms with van der Waals surface area (Å²) >= 11 is 1.45. The maximum absolute atomic E-state index is 13.3. The Bertz CT molecular complexity index is 1210. The predicted octanol–water partition coefficient (Wildman–Crippen LogP) is 5.23. The maximum Gasteiger partial charge on any atom is 0.255 e. The normalized spacial score (nSPS) is 11.1. The number of ether oxygens (including phenoxy) is 2. The lowest BCUT2D eigenvalue weighted by molar-refractivity contribution is 0.102. The molecule has 1 aromatic heterocycles. The van der Waals surface area contributed by atoms with Crippen molar-refractivity contribution in [3.63, 3.8) is 0 Å². The fourth-order valence-corrected chi connectivity index (χ4v) is 3.77. The second kappa shape index (κ2) is 12.0. The number of anilines is 3. The fraction of sp³-hybridized carbons (Fsp3) is 0.346. The highest BCUT2D eigenvalue weighted by Crippen LogP contribution is 2.40. The summed E-state index contributed by atoms with van der Waals surface area (Å²) in [6.45, 7) is 8.58. The minimum atomic E-state index is -0.299. The van der Waals surface area contributed by atoms with Crippen LogP contribution in [0.25, 0.3) is 0 Å². The van der Waals surface area contributed by atoms with Gasteiger partial charge in [0.15, 0.2) is 5.75 Å². The van der Waals surface area contributed by atoms with Crippen LogP contribution in [0.3, 0.4) is 0 Å². The van der Waals surface area contributed by atoms with E-state index >= 15 is 0 Å². The molecule has 0 unspecified atom stereocenters. The number of carbonyl (C=O) groups excluding carboxylic acids is 1. The molecule has 0 aliphatic carbocycles. The van der Waals surface area contributed by atoms with Crippen LogP contribution in [0, 0.1) is 6.92 Å². The van der Waals surface area contributed by atoms with Gasteiger partial charge in [-0.25, -0.2) is 9.97 Å². The van der Waals surface area contributed by atoms with Crippen LogP contribution >= 0.6 is 11.9 Å². The van der Waals surface area contributed by atoms with E-state index < -0.39 is 0 Å². The number of nitrogens with zero attached hydrogens (tertiary/aromatic N) is 2. The number of hydrogen-bond donors (Lipinski definition) is 4. The van der Waals surface area contributed by atoms with E-state index in [9.17, 15) is 4.79 Å². The molecule has 0 aliphatic heterocycles. The number of aliphatic hydroxyl groups excluding tert-OH is 1. The molecule has 0 saturated carbocycles. The molecular weight excluding hydrogens is 478 g/mol. The van der Waals surface area contributed by atoms with Gasteiger partial charge in [0.25, 0.3) is 5.91 Å². The first-order valence-electron chi connectivity index (χ1n) is 11.4. The summed E-state index contributed by atoms with van der Waals surface area (Å²) in [5, 5.41) is 15.0. The zero-order valence-corrected chi connectivity index (χ0v) is 22.2. The first-order chi connectivity index (χ1) is 17.2. The number of rotatable bonds is 10. The summed E-state index contributed by atoms with van der Waals surface area (Å²) in [6.07, 6.45) is 3.30. The van der Waals surface area contributed by atoms with E-state index in [1.807, 2.05) is 31.4 Å². The minimum absolute atomic E-state index is 0.0191. The van der Waals surface area contributed by atoms with Gasteiger partial charge in [0.2, 0.25) is 5.88 Å². The van der Waals surface area contributed by atoms with Crippen LogP contribution in [0.2, 0.25) is 0 Å². The van der Waals surface area contributed by atoms with Gasteiger partial charge in [0, 0.05) is 24.4 Å². The van der Waals surface area contributed by atoms with Gasteiger partial charge in [-0.15, -0.1) is 0 Å². The number of amides is 1. The molecule has 0 bridgehead atoms. The Hall–Kier alpha value is -3.50. The smallest absolute Gasteiger partial charge is 0.255 e. The molecule has 2 aromatic carbocycles. The van der Waals surface area contributed by atoms with Crippen molar-refractivity contribution in [1.29, 1.82) is 0 Å². The summed E-state index contributed by atoms with van der Waals surface area (Å²) in [4.78, 5) is 21.5. The number of carbonyl (C=O) groups is 1. The molecule has 0 aliphatic rings. The Morgan fingerprint density at radius 1 is 1.11 bits per heavy atom. The first-order valence-corrected chi connectivity index (χ1v) is 12.7. The van der Waals surface area contributed by atoms with Gasteiger partial charge in [-0.2, -0.15) is 0 Å². The van der Waals surface area contributed by atoms with Crippen LogP contribution in [0.4, 0.5) is 17.2 Å². The van der Waals surface area contributed by atoms with E-state index in [0.717, 1.165) is 16.8 Å². The molecular formula is C26H33N5O4S. The lowest BCUT2D eigenvalue weighted by Gasteiger charge is -2.24. The average Bonchev–Trinajstić information content (AvgIpc) is 2.84. The van der Waals surface area contributed by atoms with Gasteiger partial charge in [-0.05, 0) is 47.7 Å². The fourth-order valence-electron chi connectivity index (χ4n) is 3.39. The third-order valence-corrected chi connectivity index (χ3v) is 5.77. The Labute approximate surface area is 216 Å². The van der Waals surface area contributed by atoms with Crippen molar-refractivity contribution >= 4 is 35.0 Å². The van der Waals surface area contributed by atoms with E-state index in [0.29, 0.717) is 41.0 Å². The molecule has 9 nitrogen and oxygen atoms in total. The number of hydrogen-bond acceptors (Lipinski definition) is 9. The maximum atomic E-state index is 13.3. The lowest BCUT2D eigenvalue weighted by Crippen LogP contribution is -2.16. The monoisotopic (exact) mass is 511 g/mol. The molecule has 1 heterocycles. The molecule has 3 aromatic rings. The van der Waals surface area contributed by atoms with Crippen molar-refractivity contribution in [2.45, 2.75) is 33.1 Å². The number of aryl methyl sites for hydroxylation is 1. The SMILES string of the molecule is COc1c(NSC)cc(C(C)(C)C)cc1NC(=O)c1ccc(C)c(Oc2cc(NCCO)ncn2)c1. The van der Waals surface area contributed by atoms with Crippen LogP contribution < -0.4 is 24.8 Å². The Kier molecular flexibility index (Phi) is 9.00. The summed E-state index contributed by atoms with van der Waals surface area (Å²) in [5.74, 6) is 1.60. The highest BCUT2D eigenvalue weighted by molar-refractivity contribution is 7.99. The zero-order chi connectivity index (χ0) is 26.3. The predicted molar refractivity (Wildman–Crippen MR) is 146 cm³/mol. The number of aliphatic hydroxyl groups is 1. The van der Waals surface area contributed by atoms with Crippen molar-refractivity contribution in [3.8, 4) is 17.4 Å². The minimum Gasteiger partial charge on any atom is -0.492 e. The van der Waals surface area contributed by atoms with Crippen LogP contribution in [-0.2, 0) is 5.41 Å². The van der Waals surface area contributed by atoms with Gasteiger partial charge in [0.05, 0.1) is 25.1 Å². The molecule has 0 atom stereocenters. The summed E-state index contributed by atoms with van der Waals surface area (Å²) in [7, 11) is 1.58. The van der Waals surface area contributed by atoms with Gasteiger partial charge < -0.3 is 29.9 Å². The third kappa shape index (κ3) is 6.79. The van der Waals surface area contributed by atoms with E-state index in [2.05, 4.69) is 46.1 Å². The second-order valence-corrected chi connectivity index (χ2v) is 9.70. The van der Waals surface area contributed by atoms with E-state index in [-0.39, 0.29) is 17.9 Å². The molecule has 192 valence electrons. The van der Waals surface area contributed by atoms with Crippen molar-refractivity contribution in [2.24, 2.45) is 0 Å². The summed E-state index contributed by atoms with van der Waals surface area (Å²) < 4.78 is 14.8. The van der Waals surface area contributed by atoms with E-state index in [1.54, 1.807) is 25.3 Å². The van der Waals surface area contributed by atoms with Crippen molar-refractivity contribution in [1.82, 2.24) is 9.97 Å². The highest BCUT2D eigenvalue weighted by Gasteiger charge is 2.21. The molecule has 4 N–H and O–H groups in total. The molecule has 0 fully saturated rings. The first kappa shape index (κ1) is 27.1. The van der Waals surface area contributed by atoms with Crippen LogP contribution in [0.5, 0.6) is 17.4 Å². The molecule has 36 heavy (non-hydrogen) atoms. The molecule has 10 heteroatoms. The van der Waals surface area contributed by atoms with Gasteiger partial charge in [-0.3, -0.25) is 4.79 Å². The topological polar surface area (TPSA) is 118 Å². The molecule has 0 radical (unpaired) electrons. The Morgan fingerprint density at radius 2 is 1.86 bits per heavy atom. The van der Waals surface area contributed by atoms with Crippen LogP contribution in [0.15, 0.2) is 42.7 Å². The molecule has 1 amide bonds. The lowest BCUT2D eigenvalue weighted by atomic mass is 9.86. The number of methoxy groups -OCH3 is 1. The highest BCUT2D eigenvalue weighted by atomic mass is 32.2. The second-order valence-electron chi connectivity index (χ2n) is 9.09. The Morgan fingerprint density at radius 3 is 2.53 bits per heavy atom. The summed E-state index contributed by atoms with van der Waals surface area (Å²) in [5.41, 5.74) is 3.55. The summed E-state index contributed by atoms with van der Waals surface area (Å²) in [6, 6.07) is 10.8. The zero-order valence-electron chi connectivity index (χ0n) is 21.4. The number of benzene rings is 2. The van der Waals surface area contributed by atoms with Crippen molar-refractivity contribution in [2.75, 3.05) is 41.9 Å². The van der Waals surface area contributed by atoms with Gasteiger partial charge in [-0.1, -0.05) is 38.8 Å². The Balaban J connectivity index is 1.89. The van der Waals surface area contributed by atoms with E-state index in [1.165, 1.54) is 18.3 Å². The number of aromatic nitrogens is 2. The standard InChI is InChI=1S/C26H33N5O4S/c1-16-7-8-17(11-21(16)35-23-14-22(27-9-10-32)28-15-29-23)25(33)30-19-12-18(26(2,3)4)13-20(31-36-6)24(19)34-5/h7-8,11-15,31-32H,9-10H2,1-6H3,(H,30,33)(H,27,28,29). The van der Waals surface area contributed by atoms with Gasteiger partial charge >= 0.3 is 0 Å². The average molecular weight is 512 g/mol. The largest absolute Gasteiger partial charge is 0.492 e. The third-order valence-electron chi connectivity index (χ3n) is 5.34.